The summed E-state index contributed by atoms with van der Waals surface area (Å²) in [7, 11) is -2.51. The van der Waals surface area contributed by atoms with Gasteiger partial charge in [-0.05, 0) is 42.8 Å². The van der Waals surface area contributed by atoms with E-state index in [4.69, 9.17) is 8.85 Å². The van der Waals surface area contributed by atoms with Crippen LogP contribution in [-0.2, 0) is 0 Å². The third kappa shape index (κ3) is 2.09. The first-order valence-corrected chi connectivity index (χ1v) is 7.11. The Labute approximate surface area is 136 Å². The Kier molecular flexibility index (Phi) is 2.30. The normalized spacial score (nSPS) is 13.7. The quantitative estimate of drug-likeness (QED) is 0.618. The fraction of sp³-hybridized carbons (Fsp3) is 0.111. The summed E-state index contributed by atoms with van der Waals surface area (Å²) in [6.07, 6.45) is 1.57. The number of fused-ring (bicyclic) bond motifs is 3. The van der Waals surface area contributed by atoms with Gasteiger partial charge in [0.05, 0.1) is 33.3 Å². The Bertz CT molecular complexity index is 1170. The standard InChI is InChI=1S/C18H15N3O2/c1-11-3-8-14-16(9-11)19-10-15-17(14)20-21(18(15)22)12-4-6-13(23-2)7-5-12/h3-10,20H,1-2H3/i2D3. The largest absolute Gasteiger partial charge is 0.497 e. The van der Waals surface area contributed by atoms with Crippen LogP contribution >= 0.6 is 0 Å². The van der Waals surface area contributed by atoms with Crippen molar-refractivity contribution in [3.8, 4) is 11.4 Å². The molecule has 0 bridgehead atoms. The molecule has 0 fully saturated rings. The van der Waals surface area contributed by atoms with Crippen molar-refractivity contribution in [1.82, 2.24) is 14.8 Å². The van der Waals surface area contributed by atoms with E-state index in [1.54, 1.807) is 18.3 Å². The van der Waals surface area contributed by atoms with E-state index in [1.807, 2.05) is 25.1 Å². The van der Waals surface area contributed by atoms with Crippen molar-refractivity contribution >= 4 is 21.8 Å². The smallest absolute Gasteiger partial charge is 0.280 e. The summed E-state index contributed by atoms with van der Waals surface area (Å²) in [5.74, 6) is 0.209. The van der Waals surface area contributed by atoms with Gasteiger partial charge in [0.15, 0.2) is 0 Å². The SMILES string of the molecule is [2H]C([2H])([2H])Oc1ccc(-n2[nH]c3c(cnc4cc(C)ccc43)c2=O)cc1. The van der Waals surface area contributed by atoms with Gasteiger partial charge >= 0.3 is 0 Å². The lowest BCUT2D eigenvalue weighted by Crippen LogP contribution is -2.14. The number of H-pyrrole nitrogens is 1. The van der Waals surface area contributed by atoms with Crippen LogP contribution in [0.2, 0.25) is 0 Å². The maximum absolute atomic E-state index is 12.7. The molecule has 0 saturated carbocycles. The van der Waals surface area contributed by atoms with Crippen LogP contribution in [0.5, 0.6) is 5.75 Å². The zero-order valence-electron chi connectivity index (χ0n) is 15.3. The number of hydrogen-bond donors (Lipinski definition) is 1. The number of rotatable bonds is 2. The van der Waals surface area contributed by atoms with E-state index in [0.717, 1.165) is 16.5 Å². The number of hydrogen-bond acceptors (Lipinski definition) is 3. The van der Waals surface area contributed by atoms with E-state index >= 15 is 0 Å². The van der Waals surface area contributed by atoms with Crippen LogP contribution in [-0.4, -0.2) is 21.8 Å². The molecule has 0 unspecified atom stereocenters. The molecule has 2 aromatic heterocycles. The molecule has 0 spiro atoms. The number of aromatic amines is 1. The van der Waals surface area contributed by atoms with Crippen molar-refractivity contribution in [1.29, 1.82) is 0 Å². The summed E-state index contributed by atoms with van der Waals surface area (Å²) < 4.78 is 27.6. The van der Waals surface area contributed by atoms with Crippen molar-refractivity contribution in [2.45, 2.75) is 6.92 Å². The molecule has 0 radical (unpaired) electrons. The molecule has 1 N–H and O–H groups in total. The molecule has 2 aromatic carbocycles. The minimum atomic E-state index is -2.51. The molecule has 0 aliphatic rings. The molecule has 5 heteroatoms. The number of nitrogens with one attached hydrogen (secondary N) is 1. The van der Waals surface area contributed by atoms with Crippen molar-refractivity contribution in [3.63, 3.8) is 0 Å². The van der Waals surface area contributed by atoms with Gasteiger partial charge in [-0.15, -0.1) is 0 Å². The number of nitrogens with zero attached hydrogens (tertiary/aromatic N) is 2. The maximum Gasteiger partial charge on any atom is 0.280 e. The fourth-order valence-electron chi connectivity index (χ4n) is 2.71. The average Bonchev–Trinajstić information content (AvgIpc) is 2.91. The fourth-order valence-corrected chi connectivity index (χ4v) is 2.71. The maximum atomic E-state index is 12.7. The van der Waals surface area contributed by atoms with E-state index in [9.17, 15) is 4.79 Å². The van der Waals surface area contributed by atoms with E-state index < -0.39 is 7.04 Å². The number of aryl methyl sites for hydroxylation is 1. The number of methoxy groups -OCH3 is 1. The Morgan fingerprint density at radius 2 is 2.00 bits per heavy atom. The van der Waals surface area contributed by atoms with E-state index in [2.05, 4.69) is 10.1 Å². The highest BCUT2D eigenvalue weighted by Crippen LogP contribution is 2.22. The highest BCUT2D eigenvalue weighted by molar-refractivity contribution is 6.02. The Morgan fingerprint density at radius 3 is 2.78 bits per heavy atom. The van der Waals surface area contributed by atoms with Crippen molar-refractivity contribution < 1.29 is 8.85 Å². The van der Waals surface area contributed by atoms with Crippen molar-refractivity contribution in [2.24, 2.45) is 0 Å². The van der Waals surface area contributed by atoms with Gasteiger partial charge in [-0.1, -0.05) is 12.1 Å². The van der Waals surface area contributed by atoms with Crippen molar-refractivity contribution in [2.75, 3.05) is 7.04 Å². The molecule has 23 heavy (non-hydrogen) atoms. The number of benzene rings is 2. The molecule has 0 aliphatic carbocycles. The summed E-state index contributed by atoms with van der Waals surface area (Å²) >= 11 is 0. The third-order valence-electron chi connectivity index (χ3n) is 3.89. The molecule has 114 valence electrons. The summed E-state index contributed by atoms with van der Waals surface area (Å²) in [6.45, 7) is 1.99. The van der Waals surface area contributed by atoms with E-state index in [1.165, 1.54) is 16.8 Å². The van der Waals surface area contributed by atoms with E-state index in [-0.39, 0.29) is 11.3 Å². The van der Waals surface area contributed by atoms with Crippen LogP contribution in [0.4, 0.5) is 0 Å². The summed E-state index contributed by atoms with van der Waals surface area (Å²) in [5.41, 5.74) is 2.97. The Balaban J connectivity index is 1.83. The lowest BCUT2D eigenvalue weighted by Gasteiger charge is -2.03. The minimum Gasteiger partial charge on any atom is -0.497 e. The van der Waals surface area contributed by atoms with Crippen LogP contribution in [0.3, 0.4) is 0 Å². The Hall–Kier alpha value is -3.08. The van der Waals surface area contributed by atoms with Gasteiger partial charge in [-0.2, -0.15) is 0 Å². The third-order valence-corrected chi connectivity index (χ3v) is 3.89. The predicted octanol–water partition coefficient (Wildman–Crippen LogP) is 3.18. The predicted molar refractivity (Wildman–Crippen MR) is 90.5 cm³/mol. The molecule has 0 atom stereocenters. The Morgan fingerprint density at radius 1 is 1.17 bits per heavy atom. The molecular formula is C18H15N3O2. The molecular weight excluding hydrogens is 290 g/mol. The van der Waals surface area contributed by atoms with Crippen LogP contribution in [0, 0.1) is 6.92 Å². The molecule has 2 heterocycles. The van der Waals surface area contributed by atoms with Crippen molar-refractivity contribution in [3.05, 3.63) is 64.6 Å². The topological polar surface area (TPSA) is 59.9 Å². The zero-order chi connectivity index (χ0) is 18.5. The molecule has 5 nitrogen and oxygen atoms in total. The molecule has 0 saturated heterocycles. The highest BCUT2D eigenvalue weighted by atomic mass is 16.5. The summed E-state index contributed by atoms with van der Waals surface area (Å²) in [4.78, 5) is 17.1. The molecule has 0 aliphatic heterocycles. The summed E-state index contributed by atoms with van der Waals surface area (Å²) in [6, 6.07) is 12.1. The van der Waals surface area contributed by atoms with Gasteiger partial charge in [0.25, 0.3) is 5.56 Å². The van der Waals surface area contributed by atoms with Gasteiger partial charge in [0, 0.05) is 11.6 Å². The zero-order valence-corrected chi connectivity index (χ0v) is 12.3. The van der Waals surface area contributed by atoms with Gasteiger partial charge in [-0.3, -0.25) is 14.9 Å². The second-order valence-electron chi connectivity index (χ2n) is 5.42. The first kappa shape index (κ1) is 10.6. The van der Waals surface area contributed by atoms with Gasteiger partial charge in [0.1, 0.15) is 5.75 Å². The monoisotopic (exact) mass is 308 g/mol. The van der Waals surface area contributed by atoms with Gasteiger partial charge in [-0.25, -0.2) is 4.68 Å². The first-order chi connectivity index (χ1) is 12.3. The van der Waals surface area contributed by atoms with Crippen LogP contribution in [0.1, 0.15) is 9.68 Å². The second-order valence-corrected chi connectivity index (χ2v) is 5.42. The molecule has 4 aromatic rings. The second kappa shape index (κ2) is 4.98. The lowest BCUT2D eigenvalue weighted by molar-refractivity contribution is 0.414. The number of pyridine rings is 1. The molecule has 0 amide bonds. The molecule has 4 rings (SSSR count). The number of aromatic nitrogens is 3. The lowest BCUT2D eigenvalue weighted by atomic mass is 10.1. The van der Waals surface area contributed by atoms with Crippen LogP contribution in [0.25, 0.3) is 27.5 Å². The first-order valence-electron chi connectivity index (χ1n) is 8.61. The van der Waals surface area contributed by atoms with Crippen LogP contribution < -0.4 is 10.3 Å². The van der Waals surface area contributed by atoms with E-state index in [0.29, 0.717) is 16.6 Å². The van der Waals surface area contributed by atoms with Gasteiger partial charge < -0.3 is 4.74 Å². The minimum absolute atomic E-state index is 0.209. The van der Waals surface area contributed by atoms with Gasteiger partial charge in [0.2, 0.25) is 0 Å². The average molecular weight is 308 g/mol. The number of ether oxygens (including phenoxy) is 1. The highest BCUT2D eigenvalue weighted by Gasteiger charge is 2.12. The van der Waals surface area contributed by atoms with Crippen LogP contribution in [0.15, 0.2) is 53.5 Å². The summed E-state index contributed by atoms with van der Waals surface area (Å²) in [5, 5.41) is 4.48.